The van der Waals surface area contributed by atoms with Gasteiger partial charge < -0.3 is 25.6 Å². The minimum Gasteiger partial charge on any atom is -0.378 e. The second-order valence-corrected chi connectivity index (χ2v) is 12.7. The Kier molecular flexibility index (Phi) is 11.3. The normalized spacial score (nSPS) is 18.4. The fourth-order valence-corrected chi connectivity index (χ4v) is 6.80. The van der Waals surface area contributed by atoms with E-state index in [2.05, 4.69) is 10.0 Å². The topological polar surface area (TPSA) is 151 Å². The Morgan fingerprint density at radius 2 is 1.76 bits per heavy atom. The van der Waals surface area contributed by atoms with Crippen LogP contribution in [0.15, 0.2) is 48.5 Å². The summed E-state index contributed by atoms with van der Waals surface area (Å²) in [6.07, 6.45) is 1.43. The maximum atomic E-state index is 14.0. The number of ether oxygens (including phenoxy) is 1. The molecule has 2 aliphatic rings. The van der Waals surface area contributed by atoms with Crippen LogP contribution in [0.25, 0.3) is 0 Å². The fourth-order valence-electron chi connectivity index (χ4n) is 5.27. The average Bonchev–Trinajstić information content (AvgIpc) is 2.99. The van der Waals surface area contributed by atoms with Crippen molar-refractivity contribution in [3.05, 3.63) is 70.2 Å². The summed E-state index contributed by atoms with van der Waals surface area (Å²) in [7, 11) is -4.01. The average molecular weight is 620 g/mol. The first-order chi connectivity index (χ1) is 20.2. The van der Waals surface area contributed by atoms with Gasteiger partial charge in [0.25, 0.3) is 0 Å². The molecule has 4 rings (SSSR count). The van der Waals surface area contributed by atoms with Crippen molar-refractivity contribution in [2.45, 2.75) is 56.6 Å². The van der Waals surface area contributed by atoms with E-state index in [-0.39, 0.29) is 43.6 Å². The second kappa shape index (κ2) is 14.9. The molecule has 2 aromatic carbocycles. The monoisotopic (exact) mass is 619 g/mol. The molecule has 0 saturated carbocycles. The number of hydrogen-bond acceptors (Lipinski definition) is 7. The van der Waals surface area contributed by atoms with Crippen molar-refractivity contribution >= 4 is 39.3 Å². The first-order valence-corrected chi connectivity index (χ1v) is 16.1. The van der Waals surface area contributed by atoms with E-state index >= 15 is 0 Å². The number of sulfonamides is 1. The number of likely N-dealkylation sites (tertiary alicyclic amines) is 1. The molecule has 2 heterocycles. The number of benzene rings is 2. The van der Waals surface area contributed by atoms with Gasteiger partial charge in [0.15, 0.2) is 0 Å². The van der Waals surface area contributed by atoms with Crippen LogP contribution in [0.2, 0.25) is 5.02 Å². The van der Waals surface area contributed by atoms with Crippen molar-refractivity contribution in [3.8, 4) is 0 Å². The fraction of sp³-hybridized carbons (Fsp3) is 0.483. The van der Waals surface area contributed by atoms with E-state index in [1.165, 1.54) is 4.90 Å². The maximum absolute atomic E-state index is 14.0. The summed E-state index contributed by atoms with van der Waals surface area (Å²) in [4.78, 5) is 43.5. The first-order valence-electron chi connectivity index (χ1n) is 14.1. The van der Waals surface area contributed by atoms with Gasteiger partial charge >= 0.3 is 0 Å². The predicted octanol–water partition coefficient (Wildman–Crippen LogP) is 1.53. The Balaban J connectivity index is 1.52. The van der Waals surface area contributed by atoms with Crippen LogP contribution in [0, 0.1) is 0 Å². The number of piperidine rings is 1. The number of carbonyl (C=O) groups is 3. The molecule has 0 radical (unpaired) electrons. The van der Waals surface area contributed by atoms with Crippen molar-refractivity contribution < 1.29 is 27.5 Å². The molecule has 3 amide bonds. The highest BCUT2D eigenvalue weighted by atomic mass is 35.5. The summed E-state index contributed by atoms with van der Waals surface area (Å²) >= 11 is 6.14. The zero-order valence-corrected chi connectivity index (χ0v) is 25.0. The lowest BCUT2D eigenvalue weighted by Crippen LogP contribution is -2.58. The molecule has 2 atom stereocenters. The second-order valence-electron chi connectivity index (χ2n) is 10.5. The predicted molar refractivity (Wildman–Crippen MR) is 159 cm³/mol. The minimum absolute atomic E-state index is 0.174. The third-order valence-electron chi connectivity index (χ3n) is 7.49. The van der Waals surface area contributed by atoms with E-state index in [1.54, 1.807) is 53.4 Å². The van der Waals surface area contributed by atoms with Crippen LogP contribution in [-0.2, 0) is 48.0 Å². The van der Waals surface area contributed by atoms with Crippen molar-refractivity contribution in [1.82, 2.24) is 19.8 Å². The van der Waals surface area contributed by atoms with Crippen molar-refractivity contribution in [3.63, 3.8) is 0 Å². The van der Waals surface area contributed by atoms with Crippen LogP contribution in [0.4, 0.5) is 0 Å². The highest BCUT2D eigenvalue weighted by Gasteiger charge is 2.38. The first kappa shape index (κ1) is 31.9. The molecular formula is C29H38ClN5O6S. The molecule has 13 heteroatoms. The van der Waals surface area contributed by atoms with Crippen LogP contribution in [0.1, 0.15) is 42.4 Å². The molecule has 0 aromatic heterocycles. The summed E-state index contributed by atoms with van der Waals surface area (Å²) in [6, 6.07) is 11.7. The van der Waals surface area contributed by atoms with E-state index in [4.69, 9.17) is 22.1 Å². The molecule has 0 spiro atoms. The van der Waals surface area contributed by atoms with Gasteiger partial charge in [0, 0.05) is 37.7 Å². The van der Waals surface area contributed by atoms with E-state index in [9.17, 15) is 22.8 Å². The van der Waals surface area contributed by atoms with E-state index in [1.807, 2.05) is 0 Å². The number of nitrogens with one attached hydrogen (secondary N) is 2. The van der Waals surface area contributed by atoms with Gasteiger partial charge in [-0.15, -0.1) is 0 Å². The Morgan fingerprint density at radius 3 is 2.48 bits per heavy atom. The molecule has 0 aliphatic carbocycles. The number of carbonyl (C=O) groups excluding carboxylic acids is 3. The molecule has 4 N–H and O–H groups in total. The summed E-state index contributed by atoms with van der Waals surface area (Å²) in [5.74, 6) is -1.67. The number of rotatable bonds is 11. The van der Waals surface area contributed by atoms with E-state index < -0.39 is 28.0 Å². The van der Waals surface area contributed by atoms with Gasteiger partial charge in [-0.1, -0.05) is 48.0 Å². The Morgan fingerprint density at radius 1 is 1.02 bits per heavy atom. The van der Waals surface area contributed by atoms with Gasteiger partial charge in [-0.3, -0.25) is 14.4 Å². The number of halogens is 1. The van der Waals surface area contributed by atoms with Crippen LogP contribution < -0.4 is 15.8 Å². The quantitative estimate of drug-likeness (QED) is 0.345. The number of nitrogens with zero attached hydrogens (tertiary/aromatic N) is 2. The zero-order valence-electron chi connectivity index (χ0n) is 23.5. The lowest BCUT2D eigenvalue weighted by molar-refractivity contribution is -0.146. The van der Waals surface area contributed by atoms with Gasteiger partial charge in [0.2, 0.25) is 27.7 Å². The van der Waals surface area contributed by atoms with Gasteiger partial charge in [0.05, 0.1) is 25.4 Å². The molecule has 1 unspecified atom stereocenters. The van der Waals surface area contributed by atoms with E-state index in [0.29, 0.717) is 49.7 Å². The summed E-state index contributed by atoms with van der Waals surface area (Å²) in [5, 5.41) is 3.41. The van der Waals surface area contributed by atoms with Gasteiger partial charge in [-0.2, -0.15) is 0 Å². The number of hydrogen-bond donors (Lipinski definition) is 3. The minimum atomic E-state index is -4.01. The molecule has 0 bridgehead atoms. The molecule has 42 heavy (non-hydrogen) atoms. The van der Waals surface area contributed by atoms with Gasteiger partial charge in [0.1, 0.15) is 12.1 Å². The number of amides is 3. The zero-order chi connectivity index (χ0) is 30.1. The van der Waals surface area contributed by atoms with Crippen molar-refractivity contribution in [2.24, 2.45) is 5.73 Å². The molecule has 11 nitrogen and oxygen atoms in total. The van der Waals surface area contributed by atoms with Crippen LogP contribution in [0.5, 0.6) is 0 Å². The van der Waals surface area contributed by atoms with E-state index in [0.717, 1.165) is 17.5 Å². The third-order valence-corrected chi connectivity index (χ3v) is 9.08. The van der Waals surface area contributed by atoms with Gasteiger partial charge in [-0.25, -0.2) is 13.1 Å². The molecule has 228 valence electrons. The summed E-state index contributed by atoms with van der Waals surface area (Å²) in [6.45, 7) is 2.18. The SMILES string of the molecule is NCc1ccc(Cl)cc1CNC(=O)[C@@H]1CCCCN1C(=O)C(CC(=O)N1CCOCC1)NS(=O)(=O)Cc1ccccc1. The highest BCUT2D eigenvalue weighted by molar-refractivity contribution is 7.88. The molecular weight excluding hydrogens is 582 g/mol. The molecule has 2 saturated heterocycles. The van der Waals surface area contributed by atoms with Crippen LogP contribution in [0.3, 0.4) is 0 Å². The van der Waals surface area contributed by atoms with Crippen molar-refractivity contribution in [1.29, 1.82) is 0 Å². The molecule has 2 aliphatic heterocycles. The summed E-state index contributed by atoms with van der Waals surface area (Å²) in [5.41, 5.74) is 7.99. The van der Waals surface area contributed by atoms with Crippen molar-refractivity contribution in [2.75, 3.05) is 32.8 Å². The van der Waals surface area contributed by atoms with Crippen LogP contribution in [-0.4, -0.2) is 80.9 Å². The van der Waals surface area contributed by atoms with Crippen LogP contribution >= 0.6 is 11.6 Å². The summed E-state index contributed by atoms with van der Waals surface area (Å²) < 4.78 is 34.2. The molecule has 2 fully saturated rings. The van der Waals surface area contributed by atoms with Gasteiger partial charge in [-0.05, 0) is 48.1 Å². The maximum Gasteiger partial charge on any atom is 0.243 e. The Bertz CT molecular complexity index is 1350. The Labute approximate surface area is 251 Å². The lowest BCUT2D eigenvalue weighted by atomic mass is 9.99. The smallest absolute Gasteiger partial charge is 0.243 e. The largest absolute Gasteiger partial charge is 0.378 e. The number of nitrogens with two attached hydrogens (primary N) is 1. The third kappa shape index (κ3) is 8.74. The number of morpholine rings is 1. The highest BCUT2D eigenvalue weighted by Crippen LogP contribution is 2.21. The Hall–Kier alpha value is -3.03. The standard InChI is InChI=1S/C29H38ClN5O6S/c30-24-10-9-22(18-31)23(16-24)19-32-28(37)26-8-4-5-11-35(26)29(38)25(17-27(36)34-12-14-41-15-13-34)33-42(39,40)20-21-6-2-1-3-7-21/h1-3,6-7,9-10,16,25-26,33H,4-5,8,11-15,17-20,31H2,(H,32,37)/t25?,26-/m0/s1. The molecule has 2 aromatic rings. The lowest BCUT2D eigenvalue weighted by Gasteiger charge is -2.37.